The average Bonchev–Trinajstić information content (AvgIpc) is 2.49. The summed E-state index contributed by atoms with van der Waals surface area (Å²) in [6, 6.07) is 3.37. The summed E-state index contributed by atoms with van der Waals surface area (Å²) in [5, 5.41) is 4.08. The number of hydrogen-bond acceptors (Lipinski definition) is 4. The van der Waals surface area contributed by atoms with Gasteiger partial charge in [0.2, 0.25) is 0 Å². The molecule has 3 N–H and O–H groups in total. The van der Waals surface area contributed by atoms with E-state index in [1.807, 2.05) is 11.8 Å². The first-order valence-corrected chi connectivity index (χ1v) is 8.68. The summed E-state index contributed by atoms with van der Waals surface area (Å²) in [6.07, 6.45) is 6.53. The Labute approximate surface area is 134 Å². The molecule has 1 aliphatic carbocycles. The number of benzene rings is 1. The van der Waals surface area contributed by atoms with E-state index in [0.29, 0.717) is 27.3 Å². The maximum atomic E-state index is 12.5. The van der Waals surface area contributed by atoms with Crippen molar-refractivity contribution in [3.63, 3.8) is 0 Å². The van der Waals surface area contributed by atoms with Gasteiger partial charge in [-0.05, 0) is 31.6 Å². The molecular weight excluding hydrogens is 308 g/mol. The minimum absolute atomic E-state index is 0.152. The number of nitrogen functional groups attached to an aromatic ring is 1. The number of anilines is 1. The Morgan fingerprint density at radius 1 is 1.48 bits per heavy atom. The number of hydrogen-bond donors (Lipinski definition) is 2. The molecule has 21 heavy (non-hydrogen) atoms. The average molecular weight is 329 g/mol. The van der Waals surface area contributed by atoms with E-state index < -0.39 is 0 Å². The van der Waals surface area contributed by atoms with E-state index in [1.54, 1.807) is 12.1 Å². The van der Waals surface area contributed by atoms with E-state index in [0.717, 1.165) is 19.3 Å². The second-order valence-electron chi connectivity index (χ2n) is 5.27. The number of nitrogens with two attached hydrogens (primary N) is 1. The van der Waals surface area contributed by atoms with Crippen LogP contribution in [0.3, 0.4) is 0 Å². The number of rotatable bonds is 4. The van der Waals surface area contributed by atoms with Crippen LogP contribution in [0.25, 0.3) is 0 Å². The summed E-state index contributed by atoms with van der Waals surface area (Å²) in [5.74, 6) is 0.298. The van der Waals surface area contributed by atoms with Crippen molar-refractivity contribution in [2.45, 2.75) is 37.0 Å². The Hall–Kier alpha value is -1.07. The summed E-state index contributed by atoms with van der Waals surface area (Å²) in [4.78, 5) is 12.5. The highest BCUT2D eigenvalue weighted by Crippen LogP contribution is 2.30. The number of halogens is 1. The predicted molar refractivity (Wildman–Crippen MR) is 89.4 cm³/mol. The number of carbonyl (C=O) groups is 1. The zero-order chi connectivity index (χ0) is 15.4. The quantitative estimate of drug-likeness (QED) is 0.832. The Kier molecular flexibility index (Phi) is 5.65. The molecule has 1 aromatic carbocycles. The van der Waals surface area contributed by atoms with Crippen molar-refractivity contribution in [2.75, 3.05) is 19.1 Å². The molecule has 1 aromatic rings. The zero-order valence-corrected chi connectivity index (χ0v) is 13.9. The molecule has 0 bridgehead atoms. The first-order valence-electron chi connectivity index (χ1n) is 7.01. The van der Waals surface area contributed by atoms with Crippen LogP contribution in [0.2, 0.25) is 5.02 Å². The number of thioether (sulfide) groups is 1. The van der Waals surface area contributed by atoms with Gasteiger partial charge < -0.3 is 15.8 Å². The molecule has 2 unspecified atom stereocenters. The molecule has 2 rings (SSSR count). The van der Waals surface area contributed by atoms with Crippen LogP contribution in [-0.4, -0.2) is 30.6 Å². The smallest absolute Gasteiger partial charge is 0.255 e. The van der Waals surface area contributed by atoms with E-state index in [-0.39, 0.29) is 11.9 Å². The summed E-state index contributed by atoms with van der Waals surface area (Å²) in [6.45, 7) is 0. The van der Waals surface area contributed by atoms with Gasteiger partial charge in [0, 0.05) is 17.4 Å². The molecule has 1 amide bonds. The first kappa shape index (κ1) is 16.3. The lowest BCUT2D eigenvalue weighted by Gasteiger charge is -2.28. The first-order chi connectivity index (χ1) is 10.0. The molecular formula is C15H21ClN2O2S. The fourth-order valence-electron chi connectivity index (χ4n) is 2.67. The third-order valence-electron chi connectivity index (χ3n) is 3.86. The van der Waals surface area contributed by atoms with Crippen LogP contribution in [0, 0.1) is 0 Å². The van der Waals surface area contributed by atoms with Gasteiger partial charge in [0.1, 0.15) is 5.75 Å². The summed E-state index contributed by atoms with van der Waals surface area (Å²) < 4.78 is 5.23. The highest BCUT2D eigenvalue weighted by Gasteiger charge is 2.24. The SMILES string of the molecule is COc1cc(N)c(Cl)cc1C(=O)NC1CCCC(SC)C1. The number of ether oxygens (including phenoxy) is 1. The third kappa shape index (κ3) is 3.98. The van der Waals surface area contributed by atoms with Crippen LogP contribution in [0.5, 0.6) is 5.75 Å². The second kappa shape index (κ2) is 7.27. The molecule has 0 aliphatic heterocycles. The van der Waals surface area contributed by atoms with Crippen LogP contribution in [0.1, 0.15) is 36.0 Å². The lowest BCUT2D eigenvalue weighted by molar-refractivity contribution is 0.0925. The molecule has 116 valence electrons. The largest absolute Gasteiger partial charge is 0.496 e. The van der Waals surface area contributed by atoms with E-state index in [2.05, 4.69) is 11.6 Å². The van der Waals surface area contributed by atoms with Gasteiger partial charge in [-0.3, -0.25) is 4.79 Å². The van der Waals surface area contributed by atoms with E-state index in [9.17, 15) is 4.79 Å². The van der Waals surface area contributed by atoms with Crippen molar-refractivity contribution >= 4 is 35.0 Å². The van der Waals surface area contributed by atoms with E-state index >= 15 is 0 Å². The summed E-state index contributed by atoms with van der Waals surface area (Å²) in [5.41, 5.74) is 6.58. The van der Waals surface area contributed by atoms with Gasteiger partial charge in [0.05, 0.1) is 23.4 Å². The number of amides is 1. The Balaban J connectivity index is 2.11. The molecule has 0 aromatic heterocycles. The fourth-order valence-corrected chi connectivity index (χ4v) is 3.66. The summed E-state index contributed by atoms with van der Waals surface area (Å²) in [7, 11) is 1.52. The predicted octanol–water partition coefficient (Wildman–Crippen LogP) is 3.33. The Bertz CT molecular complexity index is 525. The number of carbonyl (C=O) groups excluding carboxylic acids is 1. The topological polar surface area (TPSA) is 64.3 Å². The Morgan fingerprint density at radius 3 is 2.90 bits per heavy atom. The minimum Gasteiger partial charge on any atom is -0.496 e. The maximum absolute atomic E-state index is 12.5. The van der Waals surface area contributed by atoms with Gasteiger partial charge in [-0.2, -0.15) is 11.8 Å². The van der Waals surface area contributed by atoms with Crippen LogP contribution in [0.15, 0.2) is 12.1 Å². The molecule has 1 fully saturated rings. The Morgan fingerprint density at radius 2 is 2.24 bits per heavy atom. The van der Waals surface area contributed by atoms with Crippen molar-refractivity contribution in [3.8, 4) is 5.75 Å². The van der Waals surface area contributed by atoms with Gasteiger partial charge in [-0.1, -0.05) is 18.0 Å². The standard InChI is InChI=1S/C15H21ClN2O2S/c1-20-14-8-13(17)12(16)7-11(14)15(19)18-9-4-3-5-10(6-9)21-2/h7-10H,3-6,17H2,1-2H3,(H,18,19). The van der Waals surface area contributed by atoms with E-state index in [4.69, 9.17) is 22.1 Å². The normalized spacial score (nSPS) is 21.9. The van der Waals surface area contributed by atoms with Crippen LogP contribution < -0.4 is 15.8 Å². The lowest BCUT2D eigenvalue weighted by Crippen LogP contribution is -2.39. The molecule has 2 atom stereocenters. The van der Waals surface area contributed by atoms with Gasteiger partial charge in [-0.25, -0.2) is 0 Å². The molecule has 0 spiro atoms. The summed E-state index contributed by atoms with van der Waals surface area (Å²) >= 11 is 7.88. The highest BCUT2D eigenvalue weighted by molar-refractivity contribution is 7.99. The number of methoxy groups -OCH3 is 1. The third-order valence-corrected chi connectivity index (χ3v) is 5.28. The second-order valence-corrected chi connectivity index (χ2v) is 6.81. The van der Waals surface area contributed by atoms with Crippen LogP contribution in [-0.2, 0) is 0 Å². The molecule has 0 heterocycles. The molecule has 6 heteroatoms. The van der Waals surface area contributed by atoms with Crippen LogP contribution in [0.4, 0.5) is 5.69 Å². The van der Waals surface area contributed by atoms with Gasteiger partial charge in [-0.15, -0.1) is 0 Å². The van der Waals surface area contributed by atoms with Gasteiger partial charge in [0.15, 0.2) is 0 Å². The lowest BCUT2D eigenvalue weighted by atomic mass is 9.94. The van der Waals surface area contributed by atoms with Crippen molar-refractivity contribution < 1.29 is 9.53 Å². The maximum Gasteiger partial charge on any atom is 0.255 e. The number of nitrogens with one attached hydrogen (secondary N) is 1. The molecule has 0 radical (unpaired) electrons. The molecule has 0 saturated heterocycles. The van der Waals surface area contributed by atoms with Crippen molar-refractivity contribution in [2.24, 2.45) is 0 Å². The molecule has 1 saturated carbocycles. The monoisotopic (exact) mass is 328 g/mol. The highest BCUT2D eigenvalue weighted by atomic mass is 35.5. The van der Waals surface area contributed by atoms with E-state index in [1.165, 1.54) is 13.5 Å². The van der Waals surface area contributed by atoms with Crippen LogP contribution >= 0.6 is 23.4 Å². The minimum atomic E-state index is -0.152. The van der Waals surface area contributed by atoms with Gasteiger partial charge >= 0.3 is 0 Å². The molecule has 1 aliphatic rings. The zero-order valence-electron chi connectivity index (χ0n) is 12.3. The van der Waals surface area contributed by atoms with Crippen molar-refractivity contribution in [1.82, 2.24) is 5.32 Å². The fraction of sp³-hybridized carbons (Fsp3) is 0.533. The van der Waals surface area contributed by atoms with Crippen molar-refractivity contribution in [3.05, 3.63) is 22.7 Å². The van der Waals surface area contributed by atoms with Crippen molar-refractivity contribution in [1.29, 1.82) is 0 Å². The molecule has 4 nitrogen and oxygen atoms in total. The van der Waals surface area contributed by atoms with Gasteiger partial charge in [0.25, 0.3) is 5.91 Å².